The summed E-state index contributed by atoms with van der Waals surface area (Å²) in [6.45, 7) is 6.33. The number of amides is 1. The molecule has 0 unspecified atom stereocenters. The van der Waals surface area contributed by atoms with Gasteiger partial charge in [-0.25, -0.2) is 9.59 Å². The third kappa shape index (κ3) is 4.75. The van der Waals surface area contributed by atoms with E-state index in [9.17, 15) is 9.59 Å². The largest absolute Gasteiger partial charge is 0.497 e. The Kier molecular flexibility index (Phi) is 6.34. The van der Waals surface area contributed by atoms with E-state index < -0.39 is 17.7 Å². The molecule has 8 heteroatoms. The lowest BCUT2D eigenvalue weighted by Gasteiger charge is -2.19. The minimum Gasteiger partial charge on any atom is -0.497 e. The number of aromatic nitrogens is 2. The summed E-state index contributed by atoms with van der Waals surface area (Å²) in [7, 11) is 3.02. The molecule has 0 saturated carbocycles. The second-order valence-corrected chi connectivity index (χ2v) is 8.20. The van der Waals surface area contributed by atoms with Crippen molar-refractivity contribution in [2.24, 2.45) is 0 Å². The summed E-state index contributed by atoms with van der Waals surface area (Å²) < 4.78 is 17.3. The van der Waals surface area contributed by atoms with Crippen molar-refractivity contribution in [3.05, 3.63) is 35.0 Å². The Morgan fingerprint density at radius 3 is 2.63 bits per heavy atom. The number of nitrogens with zero attached hydrogens (tertiary/aromatic N) is 2. The number of nitrogens with one attached hydrogen (secondary N) is 1. The fourth-order valence-corrected chi connectivity index (χ4v) is 3.57. The lowest BCUT2D eigenvalue weighted by molar-refractivity contribution is 0.0522. The summed E-state index contributed by atoms with van der Waals surface area (Å²) in [5.74, 6) is 0.402. The van der Waals surface area contributed by atoms with Gasteiger partial charge < -0.3 is 19.5 Å². The third-order valence-electron chi connectivity index (χ3n) is 4.86. The summed E-state index contributed by atoms with van der Waals surface area (Å²) in [6.07, 6.45) is 1.64. The maximum absolute atomic E-state index is 12.5. The van der Waals surface area contributed by atoms with Crippen LogP contribution in [-0.4, -0.2) is 48.2 Å². The summed E-state index contributed by atoms with van der Waals surface area (Å²) in [4.78, 5) is 24.3. The maximum atomic E-state index is 12.5. The Balaban J connectivity index is 1.78. The van der Waals surface area contributed by atoms with Gasteiger partial charge in [-0.3, -0.25) is 4.68 Å². The van der Waals surface area contributed by atoms with Gasteiger partial charge in [0.2, 0.25) is 0 Å². The highest BCUT2D eigenvalue weighted by Crippen LogP contribution is 2.36. The molecule has 0 bridgehead atoms. The van der Waals surface area contributed by atoms with Crippen LogP contribution < -0.4 is 10.1 Å². The first-order valence-corrected chi connectivity index (χ1v) is 10.1. The van der Waals surface area contributed by atoms with Crippen LogP contribution in [0.4, 0.5) is 4.79 Å². The van der Waals surface area contributed by atoms with Gasteiger partial charge in [0.1, 0.15) is 17.0 Å². The van der Waals surface area contributed by atoms with Crippen LogP contribution in [0.15, 0.2) is 18.2 Å². The second-order valence-electron chi connectivity index (χ2n) is 8.20. The number of methoxy groups -OCH3 is 2. The molecule has 0 radical (unpaired) electrons. The number of ether oxygens (including phenoxy) is 3. The van der Waals surface area contributed by atoms with Gasteiger partial charge in [0.25, 0.3) is 0 Å². The molecule has 0 fully saturated rings. The molecule has 8 nitrogen and oxygen atoms in total. The van der Waals surface area contributed by atoms with Gasteiger partial charge >= 0.3 is 12.1 Å². The van der Waals surface area contributed by atoms with Gasteiger partial charge in [-0.05, 0) is 63.8 Å². The molecule has 0 saturated heterocycles. The number of benzene rings is 1. The minimum absolute atomic E-state index is 0.402. The van der Waals surface area contributed by atoms with Crippen LogP contribution in [0.1, 0.15) is 48.8 Å². The zero-order valence-electron chi connectivity index (χ0n) is 18.2. The molecule has 3 rings (SSSR count). The van der Waals surface area contributed by atoms with Gasteiger partial charge in [0.05, 0.1) is 19.9 Å². The standard InChI is InChI=1S/C22H29N3O5/c1-22(2,3)30-21(27)23-11-6-12-25-19(20(26)29-5)17-9-7-14-13-15(28-4)8-10-16(14)18(17)24-25/h8,10,13H,6-7,9,11-12H2,1-5H3,(H,23,27). The Morgan fingerprint density at radius 1 is 1.20 bits per heavy atom. The lowest BCUT2D eigenvalue weighted by Crippen LogP contribution is -2.33. The van der Waals surface area contributed by atoms with Crippen LogP contribution in [0, 0.1) is 0 Å². The predicted octanol–water partition coefficient (Wildman–Crippen LogP) is 3.36. The van der Waals surface area contributed by atoms with E-state index in [-0.39, 0.29) is 0 Å². The molecule has 1 aliphatic rings. The van der Waals surface area contributed by atoms with Gasteiger partial charge in [0.15, 0.2) is 0 Å². The molecule has 1 aliphatic carbocycles. The van der Waals surface area contributed by atoms with E-state index in [0.717, 1.165) is 34.6 Å². The molecule has 162 valence electrons. The van der Waals surface area contributed by atoms with Crippen LogP contribution in [0.5, 0.6) is 5.75 Å². The molecule has 1 heterocycles. The van der Waals surface area contributed by atoms with Crippen molar-refractivity contribution in [3.63, 3.8) is 0 Å². The molecule has 1 aromatic carbocycles. The van der Waals surface area contributed by atoms with Crippen molar-refractivity contribution >= 4 is 12.1 Å². The predicted molar refractivity (Wildman–Crippen MR) is 112 cm³/mol. The number of aryl methyl sites for hydroxylation is 2. The molecule has 0 atom stereocenters. The molecule has 30 heavy (non-hydrogen) atoms. The van der Waals surface area contributed by atoms with Crippen molar-refractivity contribution < 1.29 is 23.8 Å². The molecular weight excluding hydrogens is 386 g/mol. The lowest BCUT2D eigenvalue weighted by atomic mass is 9.89. The molecule has 1 N–H and O–H groups in total. The van der Waals surface area contributed by atoms with Gasteiger partial charge in [0, 0.05) is 24.2 Å². The topological polar surface area (TPSA) is 91.7 Å². The van der Waals surface area contributed by atoms with E-state index >= 15 is 0 Å². The number of fused-ring (bicyclic) bond motifs is 3. The van der Waals surface area contributed by atoms with Gasteiger partial charge in [-0.1, -0.05) is 0 Å². The normalized spacial score (nSPS) is 12.6. The zero-order chi connectivity index (χ0) is 21.9. The SMILES string of the molecule is COC(=O)c1c2c(nn1CCCNC(=O)OC(C)(C)C)-c1ccc(OC)cc1CC2. The number of alkyl carbamates (subject to hydrolysis) is 1. The smallest absolute Gasteiger partial charge is 0.407 e. The van der Waals surface area contributed by atoms with E-state index in [2.05, 4.69) is 5.32 Å². The Bertz CT molecular complexity index is 943. The molecule has 2 aromatic rings. The summed E-state index contributed by atoms with van der Waals surface area (Å²) in [5.41, 5.74) is 3.80. The van der Waals surface area contributed by atoms with Crippen LogP contribution in [0.3, 0.4) is 0 Å². The number of carbonyl (C=O) groups excluding carboxylic acids is 2. The van der Waals surface area contributed by atoms with Crippen molar-refractivity contribution in [3.8, 4) is 17.0 Å². The molecule has 0 aliphatic heterocycles. The summed E-state index contributed by atoms with van der Waals surface area (Å²) >= 11 is 0. The number of hydrogen-bond acceptors (Lipinski definition) is 6. The van der Waals surface area contributed by atoms with Gasteiger partial charge in [-0.15, -0.1) is 0 Å². The Hall–Kier alpha value is -3.03. The van der Waals surface area contributed by atoms with Gasteiger partial charge in [-0.2, -0.15) is 5.10 Å². The highest BCUT2D eigenvalue weighted by molar-refractivity contribution is 5.92. The average molecular weight is 415 g/mol. The van der Waals surface area contributed by atoms with Crippen molar-refractivity contribution in [1.82, 2.24) is 15.1 Å². The number of hydrogen-bond donors (Lipinski definition) is 1. The number of esters is 1. The minimum atomic E-state index is -0.542. The van der Waals surface area contributed by atoms with Crippen LogP contribution in [0.25, 0.3) is 11.3 Å². The first-order valence-electron chi connectivity index (χ1n) is 10.1. The molecule has 1 amide bonds. The number of rotatable bonds is 6. The van der Waals surface area contributed by atoms with Crippen LogP contribution in [0.2, 0.25) is 0 Å². The Labute approximate surface area is 176 Å². The van der Waals surface area contributed by atoms with E-state index in [1.165, 1.54) is 7.11 Å². The monoisotopic (exact) mass is 415 g/mol. The Morgan fingerprint density at radius 2 is 1.97 bits per heavy atom. The molecular formula is C22H29N3O5. The second kappa shape index (κ2) is 8.77. The zero-order valence-corrected chi connectivity index (χ0v) is 18.2. The third-order valence-corrected chi connectivity index (χ3v) is 4.86. The summed E-state index contributed by atoms with van der Waals surface area (Å²) in [6, 6.07) is 5.89. The van der Waals surface area contributed by atoms with E-state index in [1.54, 1.807) is 11.8 Å². The van der Waals surface area contributed by atoms with Crippen LogP contribution >= 0.6 is 0 Å². The van der Waals surface area contributed by atoms with E-state index in [1.807, 2.05) is 39.0 Å². The van der Waals surface area contributed by atoms with Crippen molar-refractivity contribution in [2.45, 2.75) is 52.2 Å². The van der Waals surface area contributed by atoms with E-state index in [0.29, 0.717) is 31.6 Å². The van der Waals surface area contributed by atoms with E-state index in [4.69, 9.17) is 19.3 Å². The fraction of sp³-hybridized carbons (Fsp3) is 0.500. The highest BCUT2D eigenvalue weighted by atomic mass is 16.6. The molecule has 1 aromatic heterocycles. The first kappa shape index (κ1) is 21.7. The maximum Gasteiger partial charge on any atom is 0.407 e. The average Bonchev–Trinajstić information content (AvgIpc) is 3.07. The summed E-state index contributed by atoms with van der Waals surface area (Å²) in [5, 5.41) is 7.45. The molecule has 0 spiro atoms. The fourth-order valence-electron chi connectivity index (χ4n) is 3.57. The highest BCUT2D eigenvalue weighted by Gasteiger charge is 2.29. The number of carbonyl (C=O) groups is 2. The van der Waals surface area contributed by atoms with Crippen molar-refractivity contribution in [2.75, 3.05) is 20.8 Å². The first-order chi connectivity index (χ1) is 14.2. The van der Waals surface area contributed by atoms with Crippen molar-refractivity contribution in [1.29, 1.82) is 0 Å². The van der Waals surface area contributed by atoms with Crippen LogP contribution in [-0.2, 0) is 28.9 Å². The quantitative estimate of drug-likeness (QED) is 0.575.